The minimum atomic E-state index is -0.231. The lowest BCUT2D eigenvalue weighted by molar-refractivity contribution is -0.259. The van der Waals surface area contributed by atoms with E-state index in [1.807, 2.05) is 0 Å². The first kappa shape index (κ1) is 23.4. The lowest BCUT2D eigenvalue weighted by Gasteiger charge is -2.73. The highest BCUT2D eigenvalue weighted by Gasteiger charge is 2.70. The topological polar surface area (TPSA) is 40.5 Å². The summed E-state index contributed by atoms with van der Waals surface area (Å²) in [5.41, 5.74) is 2.78. The van der Waals surface area contributed by atoms with Crippen LogP contribution in [0.2, 0.25) is 0 Å². The summed E-state index contributed by atoms with van der Waals surface area (Å²) >= 11 is 0. The van der Waals surface area contributed by atoms with Gasteiger partial charge in [0.15, 0.2) is 0 Å². The molecule has 0 heterocycles. The molecule has 182 valence electrons. The molecule has 0 saturated heterocycles. The molecule has 0 aromatic rings. The Morgan fingerprint density at radius 2 is 1.41 bits per heavy atom. The Bertz CT molecular complexity index is 825. The number of aliphatic hydroxyl groups is 2. The number of rotatable bonds is 0. The van der Waals surface area contributed by atoms with E-state index in [1.54, 1.807) is 5.57 Å². The monoisotopic (exact) mass is 442 g/mol. The molecule has 5 aliphatic carbocycles. The van der Waals surface area contributed by atoms with Crippen molar-refractivity contribution in [2.45, 2.75) is 125 Å². The van der Waals surface area contributed by atoms with Crippen molar-refractivity contribution < 1.29 is 10.2 Å². The maximum atomic E-state index is 12.0. The second kappa shape index (κ2) is 6.66. The van der Waals surface area contributed by atoms with Crippen LogP contribution in [0.15, 0.2) is 11.6 Å². The number of aliphatic hydroxyl groups excluding tert-OH is 2. The highest BCUT2D eigenvalue weighted by Crippen LogP contribution is 2.76. The average Bonchev–Trinajstić information content (AvgIpc) is 2.68. The van der Waals surface area contributed by atoms with E-state index in [9.17, 15) is 10.2 Å². The third kappa shape index (κ3) is 2.78. The van der Waals surface area contributed by atoms with Gasteiger partial charge in [-0.3, -0.25) is 0 Å². The van der Waals surface area contributed by atoms with E-state index in [1.165, 1.54) is 38.5 Å². The van der Waals surface area contributed by atoms with Crippen LogP contribution < -0.4 is 0 Å². The molecule has 32 heavy (non-hydrogen) atoms. The fourth-order valence-corrected chi connectivity index (χ4v) is 10.7. The van der Waals surface area contributed by atoms with Gasteiger partial charge in [0.05, 0.1) is 12.2 Å². The Hall–Kier alpha value is -0.340. The Morgan fingerprint density at radius 3 is 2.09 bits per heavy atom. The molecule has 0 aliphatic heterocycles. The van der Waals surface area contributed by atoms with Crippen molar-refractivity contribution >= 4 is 0 Å². The van der Waals surface area contributed by atoms with Gasteiger partial charge in [-0.25, -0.2) is 0 Å². The highest BCUT2D eigenvalue weighted by molar-refractivity contribution is 5.32. The van der Waals surface area contributed by atoms with Crippen molar-refractivity contribution in [1.82, 2.24) is 0 Å². The van der Waals surface area contributed by atoms with E-state index in [2.05, 4.69) is 61.5 Å². The lowest BCUT2D eigenvalue weighted by atomic mass is 9.32. The molecule has 0 radical (unpaired) electrons. The molecule has 2 nitrogen and oxygen atoms in total. The molecule has 9 atom stereocenters. The van der Waals surface area contributed by atoms with Crippen LogP contribution >= 0.6 is 0 Å². The van der Waals surface area contributed by atoms with Crippen LogP contribution in [0.3, 0.4) is 0 Å². The first-order valence-electron chi connectivity index (χ1n) is 13.7. The molecular weight excluding hydrogens is 392 g/mol. The van der Waals surface area contributed by atoms with Crippen molar-refractivity contribution in [1.29, 1.82) is 0 Å². The normalized spacial score (nSPS) is 56.2. The Kier molecular flexibility index (Phi) is 4.87. The van der Waals surface area contributed by atoms with Crippen LogP contribution in [-0.4, -0.2) is 22.4 Å². The van der Waals surface area contributed by atoms with Crippen molar-refractivity contribution in [3.05, 3.63) is 11.6 Å². The van der Waals surface area contributed by atoms with E-state index in [4.69, 9.17) is 0 Å². The molecule has 0 unspecified atom stereocenters. The first-order valence-corrected chi connectivity index (χ1v) is 13.7. The van der Waals surface area contributed by atoms with Crippen LogP contribution in [0.25, 0.3) is 0 Å². The summed E-state index contributed by atoms with van der Waals surface area (Å²) in [6.45, 7) is 19.6. The van der Waals surface area contributed by atoms with Gasteiger partial charge in [0, 0.05) is 0 Å². The van der Waals surface area contributed by atoms with Crippen LogP contribution in [0.5, 0.6) is 0 Å². The summed E-state index contributed by atoms with van der Waals surface area (Å²) in [7, 11) is 0. The molecule has 0 spiro atoms. The maximum Gasteiger partial charge on any atom is 0.0594 e. The molecule has 2 N–H and O–H groups in total. The summed E-state index contributed by atoms with van der Waals surface area (Å²) in [5.74, 6) is 1.34. The first-order chi connectivity index (χ1) is 14.6. The summed E-state index contributed by atoms with van der Waals surface area (Å²) in [4.78, 5) is 0. The minimum Gasteiger partial charge on any atom is -0.393 e. The predicted octanol–water partition coefficient (Wildman–Crippen LogP) is 7.14. The SMILES string of the molecule is CC1(C)C=C2[C@H]3C[C@@H](O)[C@@H]4[C@@]5(C)CC[C@H](O)C(C)(C)[C@@H]5CC[C@@]4(C)[C@]3(C)CC[C@@]2(C)CC1. The summed E-state index contributed by atoms with van der Waals surface area (Å²) in [5, 5.41) is 22.9. The van der Waals surface area contributed by atoms with E-state index < -0.39 is 0 Å². The predicted molar refractivity (Wildman–Crippen MR) is 132 cm³/mol. The van der Waals surface area contributed by atoms with E-state index in [0.29, 0.717) is 23.2 Å². The van der Waals surface area contributed by atoms with Crippen molar-refractivity contribution in [2.24, 2.45) is 50.2 Å². The second-order valence-corrected chi connectivity index (χ2v) is 15.3. The van der Waals surface area contributed by atoms with Crippen molar-refractivity contribution in [3.63, 3.8) is 0 Å². The zero-order chi connectivity index (χ0) is 23.5. The molecule has 0 aromatic heterocycles. The van der Waals surface area contributed by atoms with Crippen LogP contribution in [0, 0.1) is 50.2 Å². The third-order valence-corrected chi connectivity index (χ3v) is 12.9. The average molecular weight is 443 g/mol. The van der Waals surface area contributed by atoms with E-state index in [0.717, 1.165) is 19.3 Å². The summed E-state index contributed by atoms with van der Waals surface area (Å²) in [6.07, 6.45) is 12.7. The maximum absolute atomic E-state index is 12.0. The summed E-state index contributed by atoms with van der Waals surface area (Å²) in [6, 6.07) is 0. The number of fused-ring (bicyclic) bond motifs is 7. The van der Waals surface area contributed by atoms with Crippen molar-refractivity contribution in [2.75, 3.05) is 0 Å². The minimum absolute atomic E-state index is 0.0626. The van der Waals surface area contributed by atoms with Gasteiger partial charge >= 0.3 is 0 Å². The van der Waals surface area contributed by atoms with Gasteiger partial charge in [-0.15, -0.1) is 0 Å². The van der Waals surface area contributed by atoms with Gasteiger partial charge < -0.3 is 10.2 Å². The smallest absolute Gasteiger partial charge is 0.0594 e. The lowest BCUT2D eigenvalue weighted by Crippen LogP contribution is -2.69. The zero-order valence-electron chi connectivity index (χ0n) is 22.2. The van der Waals surface area contributed by atoms with Gasteiger partial charge in [-0.2, -0.15) is 0 Å². The van der Waals surface area contributed by atoms with Gasteiger partial charge in [0.2, 0.25) is 0 Å². The van der Waals surface area contributed by atoms with Gasteiger partial charge in [0.1, 0.15) is 0 Å². The number of hydrogen-bond acceptors (Lipinski definition) is 2. The molecule has 2 heteroatoms. The van der Waals surface area contributed by atoms with Gasteiger partial charge in [0.25, 0.3) is 0 Å². The Balaban J connectivity index is 1.60. The molecule has 0 bridgehead atoms. The number of hydrogen-bond donors (Lipinski definition) is 2. The van der Waals surface area contributed by atoms with Gasteiger partial charge in [-0.1, -0.05) is 67.0 Å². The zero-order valence-corrected chi connectivity index (χ0v) is 22.2. The van der Waals surface area contributed by atoms with Crippen LogP contribution in [0.1, 0.15) is 113 Å². The standard InChI is InChI=1S/C30H50O2/c1-25(2)13-14-27(5)15-16-29(7)19(20(27)18-25)17-21(31)24-28(6)11-10-23(32)26(3,4)22(28)9-12-30(24,29)8/h18-19,21-24,31-32H,9-17H2,1-8H3/t19-,21-,22+,23+,24-,27-,28+,29-,30-/m1/s1. The molecule has 5 rings (SSSR count). The summed E-state index contributed by atoms with van der Waals surface area (Å²) < 4.78 is 0. The molecule has 4 saturated carbocycles. The third-order valence-electron chi connectivity index (χ3n) is 12.9. The number of allylic oxidation sites excluding steroid dienone is 2. The molecule has 0 amide bonds. The highest BCUT2D eigenvalue weighted by atomic mass is 16.3. The largest absolute Gasteiger partial charge is 0.393 e. The van der Waals surface area contributed by atoms with Crippen LogP contribution in [0.4, 0.5) is 0 Å². The van der Waals surface area contributed by atoms with Crippen LogP contribution in [-0.2, 0) is 0 Å². The Labute approximate surface area is 197 Å². The molecular formula is C30H50O2. The Morgan fingerprint density at radius 1 is 0.750 bits per heavy atom. The molecule has 0 aromatic carbocycles. The van der Waals surface area contributed by atoms with Gasteiger partial charge in [-0.05, 0) is 108 Å². The van der Waals surface area contributed by atoms with E-state index >= 15 is 0 Å². The fourth-order valence-electron chi connectivity index (χ4n) is 10.7. The van der Waals surface area contributed by atoms with E-state index in [-0.39, 0.29) is 39.3 Å². The second-order valence-electron chi connectivity index (χ2n) is 15.3. The molecule has 4 fully saturated rings. The quantitative estimate of drug-likeness (QED) is 0.391. The fraction of sp³-hybridized carbons (Fsp3) is 0.933. The van der Waals surface area contributed by atoms with Crippen molar-refractivity contribution in [3.8, 4) is 0 Å². The molecule has 5 aliphatic rings.